The topological polar surface area (TPSA) is 55.1 Å². The molecule has 5 rings (SSSR count). The van der Waals surface area contributed by atoms with Crippen molar-refractivity contribution in [1.82, 2.24) is 19.4 Å². The molecule has 1 N–H and O–H groups in total. The van der Waals surface area contributed by atoms with E-state index in [1.54, 1.807) is 18.3 Å². The van der Waals surface area contributed by atoms with E-state index in [4.69, 9.17) is 9.97 Å². The Balaban J connectivity index is 1.61. The zero-order chi connectivity index (χ0) is 21.2. The molecule has 0 aliphatic heterocycles. The van der Waals surface area contributed by atoms with Crippen molar-refractivity contribution in [3.8, 4) is 22.6 Å². The van der Waals surface area contributed by atoms with Crippen LogP contribution in [0, 0.1) is 5.82 Å². The lowest BCUT2D eigenvalue weighted by atomic mass is 9.96. The first kappa shape index (κ1) is 19.7. The first-order valence-corrected chi connectivity index (χ1v) is 11.1. The van der Waals surface area contributed by atoms with E-state index < -0.39 is 0 Å². The molecule has 1 aliphatic rings. The highest BCUT2D eigenvalue weighted by Crippen LogP contribution is 2.33. The van der Waals surface area contributed by atoms with Crippen LogP contribution in [0.4, 0.5) is 10.3 Å². The number of rotatable bonds is 5. The number of aromatic nitrogens is 4. The Kier molecular flexibility index (Phi) is 5.37. The Morgan fingerprint density at radius 3 is 2.61 bits per heavy atom. The molecule has 0 amide bonds. The largest absolute Gasteiger partial charge is 0.351 e. The number of hydrogen-bond acceptors (Lipinski definition) is 4. The molecule has 1 aliphatic carbocycles. The van der Waals surface area contributed by atoms with Gasteiger partial charge in [-0.1, -0.05) is 26.2 Å². The van der Waals surface area contributed by atoms with Crippen LogP contribution >= 0.6 is 0 Å². The fourth-order valence-corrected chi connectivity index (χ4v) is 4.35. The van der Waals surface area contributed by atoms with Crippen molar-refractivity contribution in [1.29, 1.82) is 0 Å². The molecule has 0 unspecified atom stereocenters. The van der Waals surface area contributed by atoms with Gasteiger partial charge >= 0.3 is 0 Å². The van der Waals surface area contributed by atoms with E-state index in [1.807, 2.05) is 12.3 Å². The number of benzene rings is 1. The maximum Gasteiger partial charge on any atom is 0.223 e. The van der Waals surface area contributed by atoms with Crippen molar-refractivity contribution in [2.75, 3.05) is 5.32 Å². The molecule has 5 nitrogen and oxygen atoms in total. The van der Waals surface area contributed by atoms with Crippen LogP contribution in [0.2, 0.25) is 0 Å². The van der Waals surface area contributed by atoms with Crippen LogP contribution in [0.25, 0.3) is 28.3 Å². The average Bonchev–Trinajstić information content (AvgIpc) is 3.19. The number of nitrogens with zero attached hydrogens (tertiary/aromatic N) is 4. The van der Waals surface area contributed by atoms with Crippen molar-refractivity contribution < 1.29 is 4.39 Å². The molecule has 3 heterocycles. The molecular weight excluding hydrogens is 389 g/mol. The molecule has 0 bridgehead atoms. The summed E-state index contributed by atoms with van der Waals surface area (Å²) < 4.78 is 15.6. The van der Waals surface area contributed by atoms with Gasteiger partial charge in [-0.3, -0.25) is 4.40 Å². The van der Waals surface area contributed by atoms with Gasteiger partial charge in [0.1, 0.15) is 11.5 Å². The molecule has 158 valence electrons. The highest BCUT2D eigenvalue weighted by Gasteiger charge is 2.19. The van der Waals surface area contributed by atoms with Gasteiger partial charge in [0.05, 0.1) is 17.1 Å². The standard InChI is InChI=1S/C25H26FN5/c1-2-17-13-15-31-22(16-17)30-23(18-8-10-19(26)11-9-18)24(31)21-12-14-27-25(29-21)28-20-6-4-3-5-7-20/h8-16,20H,2-7H2,1H3,(H,27,28,29). The third-order valence-corrected chi connectivity index (χ3v) is 6.05. The molecule has 0 radical (unpaired) electrons. The third kappa shape index (κ3) is 4.02. The van der Waals surface area contributed by atoms with Crippen molar-refractivity contribution in [3.05, 3.63) is 66.2 Å². The van der Waals surface area contributed by atoms with Crippen LogP contribution in [0.3, 0.4) is 0 Å². The summed E-state index contributed by atoms with van der Waals surface area (Å²) in [6.07, 6.45) is 10.9. The SMILES string of the molecule is CCc1ccn2c(-c3ccnc(NC4CCCCC4)n3)c(-c3ccc(F)cc3)nc2c1. The number of aryl methyl sites for hydroxylation is 1. The van der Waals surface area contributed by atoms with Gasteiger partial charge in [0.2, 0.25) is 5.95 Å². The van der Waals surface area contributed by atoms with Crippen LogP contribution in [-0.2, 0) is 6.42 Å². The third-order valence-electron chi connectivity index (χ3n) is 6.05. The maximum absolute atomic E-state index is 13.6. The lowest BCUT2D eigenvalue weighted by Crippen LogP contribution is -2.23. The number of nitrogens with one attached hydrogen (secondary N) is 1. The van der Waals surface area contributed by atoms with E-state index in [2.05, 4.69) is 33.8 Å². The molecular formula is C25H26FN5. The van der Waals surface area contributed by atoms with Gasteiger partial charge in [0.25, 0.3) is 0 Å². The minimum atomic E-state index is -0.261. The number of anilines is 1. The first-order valence-electron chi connectivity index (χ1n) is 11.1. The predicted octanol–water partition coefficient (Wildman–Crippen LogP) is 5.90. The van der Waals surface area contributed by atoms with Crippen LogP contribution in [0.5, 0.6) is 0 Å². The fraction of sp³-hybridized carbons (Fsp3) is 0.320. The second-order valence-corrected chi connectivity index (χ2v) is 8.18. The lowest BCUT2D eigenvalue weighted by molar-refractivity contribution is 0.461. The average molecular weight is 416 g/mol. The van der Waals surface area contributed by atoms with Gasteiger partial charge in [-0.15, -0.1) is 0 Å². The Morgan fingerprint density at radius 2 is 1.84 bits per heavy atom. The summed E-state index contributed by atoms with van der Waals surface area (Å²) in [7, 11) is 0. The number of fused-ring (bicyclic) bond motifs is 1. The molecule has 31 heavy (non-hydrogen) atoms. The predicted molar refractivity (Wildman–Crippen MR) is 121 cm³/mol. The molecule has 0 saturated heterocycles. The molecule has 0 spiro atoms. The summed E-state index contributed by atoms with van der Waals surface area (Å²) in [6.45, 7) is 2.13. The van der Waals surface area contributed by atoms with Crippen LogP contribution in [0.15, 0.2) is 54.9 Å². The summed E-state index contributed by atoms with van der Waals surface area (Å²) in [5.74, 6) is 0.387. The van der Waals surface area contributed by atoms with E-state index in [9.17, 15) is 4.39 Å². The van der Waals surface area contributed by atoms with Crippen molar-refractivity contribution in [3.63, 3.8) is 0 Å². The van der Waals surface area contributed by atoms with Crippen molar-refractivity contribution in [2.45, 2.75) is 51.5 Å². The Morgan fingerprint density at radius 1 is 1.03 bits per heavy atom. The van der Waals surface area contributed by atoms with Crippen LogP contribution < -0.4 is 5.32 Å². The molecule has 6 heteroatoms. The molecule has 1 fully saturated rings. The van der Waals surface area contributed by atoms with E-state index in [-0.39, 0.29) is 5.82 Å². The second kappa shape index (κ2) is 8.46. The summed E-state index contributed by atoms with van der Waals surface area (Å²) in [5, 5.41) is 3.51. The molecule has 0 atom stereocenters. The lowest BCUT2D eigenvalue weighted by Gasteiger charge is -2.22. The molecule has 3 aromatic heterocycles. The summed E-state index contributed by atoms with van der Waals surface area (Å²) in [4.78, 5) is 14.2. The maximum atomic E-state index is 13.6. The van der Waals surface area contributed by atoms with E-state index >= 15 is 0 Å². The van der Waals surface area contributed by atoms with Gasteiger partial charge in [-0.2, -0.15) is 0 Å². The van der Waals surface area contributed by atoms with Gasteiger partial charge in [-0.05, 0) is 67.3 Å². The normalized spacial score (nSPS) is 14.8. The molecule has 1 saturated carbocycles. The minimum Gasteiger partial charge on any atom is -0.351 e. The monoisotopic (exact) mass is 415 g/mol. The summed E-state index contributed by atoms with van der Waals surface area (Å²) in [6, 6.07) is 13.0. The van der Waals surface area contributed by atoms with Gasteiger partial charge in [0.15, 0.2) is 0 Å². The number of hydrogen-bond donors (Lipinski definition) is 1. The summed E-state index contributed by atoms with van der Waals surface area (Å²) >= 11 is 0. The number of pyridine rings is 1. The van der Waals surface area contributed by atoms with Crippen LogP contribution in [-0.4, -0.2) is 25.4 Å². The highest BCUT2D eigenvalue weighted by atomic mass is 19.1. The number of halogens is 1. The highest BCUT2D eigenvalue weighted by molar-refractivity contribution is 5.80. The zero-order valence-corrected chi connectivity index (χ0v) is 17.7. The number of imidazole rings is 1. The second-order valence-electron chi connectivity index (χ2n) is 8.18. The Bertz CT molecular complexity index is 1190. The van der Waals surface area contributed by atoms with Gasteiger partial charge in [-0.25, -0.2) is 19.3 Å². The fourth-order valence-electron chi connectivity index (χ4n) is 4.35. The van der Waals surface area contributed by atoms with Crippen LogP contribution in [0.1, 0.15) is 44.6 Å². The van der Waals surface area contributed by atoms with E-state index in [1.165, 1.54) is 37.0 Å². The minimum absolute atomic E-state index is 0.261. The van der Waals surface area contributed by atoms with Crippen molar-refractivity contribution in [2.24, 2.45) is 0 Å². The van der Waals surface area contributed by atoms with Gasteiger partial charge < -0.3 is 5.32 Å². The van der Waals surface area contributed by atoms with Gasteiger partial charge in [0, 0.05) is 24.0 Å². The quantitative estimate of drug-likeness (QED) is 0.441. The zero-order valence-electron chi connectivity index (χ0n) is 17.7. The Hall–Kier alpha value is -3.28. The van der Waals surface area contributed by atoms with E-state index in [0.29, 0.717) is 12.0 Å². The Labute approximate surface area is 181 Å². The van der Waals surface area contributed by atoms with Crippen molar-refractivity contribution >= 4 is 11.6 Å². The smallest absolute Gasteiger partial charge is 0.223 e. The first-order chi connectivity index (χ1) is 15.2. The van der Waals surface area contributed by atoms with E-state index in [0.717, 1.165) is 47.6 Å². The molecule has 1 aromatic carbocycles. The molecule has 4 aromatic rings. The summed E-state index contributed by atoms with van der Waals surface area (Å²) in [5.41, 5.74) is 5.41.